The zero-order chi connectivity index (χ0) is 23.2. The Bertz CT molecular complexity index is 1400. The molecule has 0 saturated heterocycles. The molecular formula is C22H17BrClIN2O4S. The molecule has 0 amide bonds. The molecule has 0 radical (unpaired) electrons. The highest BCUT2D eigenvalue weighted by Crippen LogP contribution is 2.31. The number of hydrogen-bond donors (Lipinski definition) is 0. The van der Waals surface area contributed by atoms with Crippen molar-refractivity contribution >= 4 is 73.5 Å². The number of esters is 1. The average molecular weight is 648 g/mol. The van der Waals surface area contributed by atoms with Crippen LogP contribution in [0.1, 0.15) is 38.1 Å². The first-order valence-corrected chi connectivity index (χ1v) is 12.7. The smallest absolute Gasteiger partial charge is 0.338 e. The summed E-state index contributed by atoms with van der Waals surface area (Å²) in [6.45, 7) is 5.31. The number of ether oxygens (including phenoxy) is 1. The molecule has 0 N–H and O–H groups in total. The first kappa shape index (κ1) is 23.5. The maximum Gasteiger partial charge on any atom is 0.338 e. The second-order valence-corrected chi connectivity index (χ2v) is 10.6. The van der Waals surface area contributed by atoms with E-state index in [2.05, 4.69) is 43.5 Å². The molecule has 10 heteroatoms. The molecule has 32 heavy (non-hydrogen) atoms. The summed E-state index contributed by atoms with van der Waals surface area (Å²) in [4.78, 5) is 31.6. The van der Waals surface area contributed by atoms with E-state index in [1.807, 2.05) is 0 Å². The molecule has 166 valence electrons. The van der Waals surface area contributed by atoms with Crippen LogP contribution in [0, 0.1) is 3.77 Å². The van der Waals surface area contributed by atoms with Crippen molar-refractivity contribution in [2.24, 2.45) is 4.99 Å². The molecule has 0 aliphatic carbocycles. The molecule has 0 spiro atoms. The summed E-state index contributed by atoms with van der Waals surface area (Å²) in [7, 11) is 0. The highest BCUT2D eigenvalue weighted by Gasteiger charge is 2.33. The van der Waals surface area contributed by atoms with E-state index < -0.39 is 12.0 Å². The molecule has 1 aromatic carbocycles. The Balaban J connectivity index is 1.94. The zero-order valence-corrected chi connectivity index (χ0v) is 22.5. The van der Waals surface area contributed by atoms with Gasteiger partial charge in [0, 0.05) is 33.7 Å². The minimum atomic E-state index is -0.680. The molecule has 0 bridgehead atoms. The van der Waals surface area contributed by atoms with Gasteiger partial charge in [0.2, 0.25) is 0 Å². The minimum Gasteiger partial charge on any atom is -0.459 e. The topological polar surface area (TPSA) is 73.8 Å². The van der Waals surface area contributed by atoms with E-state index in [-0.39, 0.29) is 11.7 Å². The van der Waals surface area contributed by atoms with E-state index >= 15 is 0 Å². The van der Waals surface area contributed by atoms with Gasteiger partial charge in [0.1, 0.15) is 5.76 Å². The lowest BCUT2D eigenvalue weighted by atomic mass is 9.96. The molecule has 1 aliphatic heterocycles. The number of halogens is 3. The molecule has 1 aliphatic rings. The third-order valence-electron chi connectivity index (χ3n) is 4.71. The van der Waals surface area contributed by atoms with Gasteiger partial charge in [-0.05, 0) is 60.5 Å². The molecule has 2 aromatic heterocycles. The van der Waals surface area contributed by atoms with Gasteiger partial charge in [0.25, 0.3) is 5.56 Å². The SMILES string of the molecule is CC1=C(C(=O)OC(C)C)[C@H](c2ccc(Cl)cc2)n2c(s/c(=C/c3cc(Br)c(I)o3)c2=O)=N1. The Kier molecular flexibility index (Phi) is 6.81. The van der Waals surface area contributed by atoms with Gasteiger partial charge >= 0.3 is 5.97 Å². The number of thiazole rings is 1. The van der Waals surface area contributed by atoms with E-state index in [1.165, 1.54) is 15.9 Å². The third kappa shape index (κ3) is 4.52. The molecule has 0 fully saturated rings. The van der Waals surface area contributed by atoms with Gasteiger partial charge in [0.05, 0.1) is 32.4 Å². The highest BCUT2D eigenvalue weighted by atomic mass is 127. The van der Waals surface area contributed by atoms with Crippen LogP contribution in [0.5, 0.6) is 0 Å². The lowest BCUT2D eigenvalue weighted by Gasteiger charge is -2.25. The fourth-order valence-corrected chi connectivity index (χ4v) is 5.25. The minimum absolute atomic E-state index is 0.265. The Morgan fingerprint density at radius 3 is 2.66 bits per heavy atom. The van der Waals surface area contributed by atoms with Gasteiger partial charge in [-0.1, -0.05) is 35.1 Å². The number of rotatable bonds is 4. The monoisotopic (exact) mass is 646 g/mol. The lowest BCUT2D eigenvalue weighted by Crippen LogP contribution is -2.40. The normalized spacial score (nSPS) is 16.3. The van der Waals surface area contributed by atoms with Gasteiger partial charge in [-0.3, -0.25) is 9.36 Å². The summed E-state index contributed by atoms with van der Waals surface area (Å²) in [5.74, 6) is 0.0461. The van der Waals surface area contributed by atoms with Crippen molar-refractivity contribution in [2.45, 2.75) is 32.9 Å². The Morgan fingerprint density at radius 2 is 2.06 bits per heavy atom. The number of carbonyl (C=O) groups excluding carboxylic acids is 1. The van der Waals surface area contributed by atoms with Crippen molar-refractivity contribution < 1.29 is 13.9 Å². The fourth-order valence-electron chi connectivity index (χ4n) is 3.38. The number of hydrogen-bond acceptors (Lipinski definition) is 6. The van der Waals surface area contributed by atoms with Crippen LogP contribution in [0.15, 0.2) is 60.3 Å². The predicted molar refractivity (Wildman–Crippen MR) is 136 cm³/mol. The second-order valence-electron chi connectivity index (χ2n) is 7.36. The predicted octanol–water partition coefficient (Wildman–Crippen LogP) is 4.80. The Labute approximate surface area is 214 Å². The second kappa shape index (κ2) is 9.28. The summed E-state index contributed by atoms with van der Waals surface area (Å²) in [5.41, 5.74) is 1.31. The number of aromatic nitrogens is 1. The summed E-state index contributed by atoms with van der Waals surface area (Å²) < 4.78 is 14.6. The summed E-state index contributed by atoms with van der Waals surface area (Å²) in [6.07, 6.45) is 1.37. The molecule has 0 unspecified atom stereocenters. The molecule has 3 heterocycles. The molecule has 3 aromatic rings. The maximum absolute atomic E-state index is 13.5. The lowest BCUT2D eigenvalue weighted by molar-refractivity contribution is -0.143. The van der Waals surface area contributed by atoms with Crippen LogP contribution in [-0.4, -0.2) is 16.6 Å². The standard InChI is InChI=1S/C22H17BrClIN2O4S/c1-10(2)30-21(29)17-11(3)26-22-27(18(17)12-4-6-13(24)7-5-12)20(28)16(32-22)9-14-8-15(23)19(25)31-14/h4-10,18H,1-3H3/b16-9+/t18-/m0/s1. The van der Waals surface area contributed by atoms with Crippen molar-refractivity contribution in [1.82, 2.24) is 4.57 Å². The van der Waals surface area contributed by atoms with Crippen molar-refractivity contribution in [3.63, 3.8) is 0 Å². The number of carbonyl (C=O) groups is 1. The molecule has 1 atom stereocenters. The first-order valence-electron chi connectivity index (χ1n) is 9.59. The number of furan rings is 1. The van der Waals surface area contributed by atoms with Gasteiger partial charge in [-0.25, -0.2) is 9.79 Å². The molecular weight excluding hydrogens is 631 g/mol. The van der Waals surface area contributed by atoms with E-state index in [0.717, 1.165) is 10.0 Å². The number of allylic oxidation sites excluding steroid dienone is 1. The van der Waals surface area contributed by atoms with Gasteiger partial charge in [-0.2, -0.15) is 0 Å². The van der Waals surface area contributed by atoms with E-state index in [0.29, 0.717) is 35.2 Å². The summed E-state index contributed by atoms with van der Waals surface area (Å²) in [5, 5.41) is 0.561. The van der Waals surface area contributed by atoms with Crippen LogP contribution in [0.2, 0.25) is 5.02 Å². The van der Waals surface area contributed by atoms with Gasteiger partial charge in [-0.15, -0.1) is 0 Å². The van der Waals surface area contributed by atoms with Crippen LogP contribution < -0.4 is 14.9 Å². The third-order valence-corrected chi connectivity index (χ3v) is 8.07. The van der Waals surface area contributed by atoms with Gasteiger partial charge in [0.15, 0.2) is 8.57 Å². The Morgan fingerprint density at radius 1 is 1.38 bits per heavy atom. The number of benzene rings is 1. The maximum atomic E-state index is 13.5. The van der Waals surface area contributed by atoms with Crippen LogP contribution >= 0.6 is 61.5 Å². The number of fused-ring (bicyclic) bond motifs is 1. The summed E-state index contributed by atoms with van der Waals surface area (Å²) >= 11 is 12.8. The van der Waals surface area contributed by atoms with Crippen LogP contribution in [0.3, 0.4) is 0 Å². The number of nitrogens with zero attached hydrogens (tertiary/aromatic N) is 2. The van der Waals surface area contributed by atoms with Crippen LogP contribution in [0.25, 0.3) is 6.08 Å². The van der Waals surface area contributed by atoms with Crippen molar-refractivity contribution in [3.05, 3.63) is 85.9 Å². The van der Waals surface area contributed by atoms with E-state index in [4.69, 9.17) is 20.8 Å². The average Bonchev–Trinajstić information content (AvgIpc) is 3.19. The van der Waals surface area contributed by atoms with E-state index in [9.17, 15) is 9.59 Å². The van der Waals surface area contributed by atoms with Crippen molar-refractivity contribution in [2.75, 3.05) is 0 Å². The Hall–Kier alpha value is -1.69. The van der Waals surface area contributed by atoms with Crippen molar-refractivity contribution in [3.8, 4) is 0 Å². The molecule has 0 saturated carbocycles. The van der Waals surface area contributed by atoms with Gasteiger partial charge < -0.3 is 9.15 Å². The summed E-state index contributed by atoms with van der Waals surface area (Å²) in [6, 6.07) is 8.19. The quantitative estimate of drug-likeness (QED) is 0.302. The largest absolute Gasteiger partial charge is 0.459 e. The fraction of sp³-hybridized carbons (Fsp3) is 0.227. The van der Waals surface area contributed by atoms with E-state index in [1.54, 1.807) is 57.2 Å². The highest BCUT2D eigenvalue weighted by molar-refractivity contribution is 14.1. The molecule has 4 rings (SSSR count). The van der Waals surface area contributed by atoms with Crippen LogP contribution in [-0.2, 0) is 9.53 Å². The first-order chi connectivity index (χ1) is 15.2. The van der Waals surface area contributed by atoms with Crippen molar-refractivity contribution in [1.29, 1.82) is 0 Å². The zero-order valence-electron chi connectivity index (χ0n) is 17.2. The molecule has 6 nitrogen and oxygen atoms in total. The van der Waals surface area contributed by atoms with Crippen LogP contribution in [0.4, 0.5) is 0 Å².